The van der Waals surface area contributed by atoms with Gasteiger partial charge in [-0.1, -0.05) is 44.6 Å². The number of carbonyl (C=O) groups excluding carboxylic acids is 3. The summed E-state index contributed by atoms with van der Waals surface area (Å²) in [6.45, 7) is 4.12. The molecule has 198 valence electrons. The Morgan fingerprint density at radius 2 is 1.92 bits per heavy atom. The molecule has 37 heavy (non-hydrogen) atoms. The number of aliphatic hydroxyl groups excluding tert-OH is 1. The first-order chi connectivity index (χ1) is 17.9. The van der Waals surface area contributed by atoms with E-state index in [1.54, 1.807) is 42.4 Å². The Kier molecular flexibility index (Phi) is 6.85. The monoisotopic (exact) mass is 510 g/mol. The van der Waals surface area contributed by atoms with E-state index < -0.39 is 41.6 Å². The second kappa shape index (κ2) is 9.95. The lowest BCUT2D eigenvalue weighted by atomic mass is 9.77. The van der Waals surface area contributed by atoms with Crippen LogP contribution in [0, 0.1) is 17.8 Å². The largest absolute Gasteiger partial charge is 0.497 e. The number of hydrogen-bond donors (Lipinski definition) is 1. The van der Waals surface area contributed by atoms with Crippen molar-refractivity contribution >= 4 is 23.5 Å². The number of ether oxygens (including phenoxy) is 3. The summed E-state index contributed by atoms with van der Waals surface area (Å²) in [6.07, 6.45) is 7.89. The van der Waals surface area contributed by atoms with Crippen molar-refractivity contribution < 1.29 is 33.7 Å². The molecule has 1 spiro atoms. The third kappa shape index (κ3) is 3.95. The normalized spacial score (nSPS) is 32.6. The summed E-state index contributed by atoms with van der Waals surface area (Å²) in [5.74, 6) is -2.42. The zero-order chi connectivity index (χ0) is 26.3. The Morgan fingerprint density at radius 1 is 1.16 bits per heavy atom. The van der Waals surface area contributed by atoms with Crippen LogP contribution >= 0.6 is 0 Å². The SMILES string of the molecule is CC[C@H](C)[C@H](CO)N1C(=O)[C@@H]2[C@@H]3C(=O)OCCC=C[C@@H]3O[C@@]23C=CCN(c2ccc(OC)cc2)C(=O)C13. The molecular formula is C28H34N2O7. The highest BCUT2D eigenvalue weighted by Gasteiger charge is 2.72. The first kappa shape index (κ1) is 25.5. The number of aliphatic hydroxyl groups is 1. The maximum atomic E-state index is 14.4. The summed E-state index contributed by atoms with van der Waals surface area (Å²) in [6, 6.07) is 5.48. The molecular weight excluding hydrogens is 476 g/mol. The van der Waals surface area contributed by atoms with Crippen molar-refractivity contribution in [2.45, 2.75) is 50.5 Å². The lowest BCUT2D eigenvalue weighted by Gasteiger charge is -2.40. The van der Waals surface area contributed by atoms with Crippen molar-refractivity contribution in [1.29, 1.82) is 0 Å². The van der Waals surface area contributed by atoms with Crippen molar-refractivity contribution in [3.05, 3.63) is 48.6 Å². The summed E-state index contributed by atoms with van der Waals surface area (Å²) in [4.78, 5) is 44.9. The Balaban J connectivity index is 1.64. The van der Waals surface area contributed by atoms with Crippen LogP contribution in [0.15, 0.2) is 48.6 Å². The summed E-state index contributed by atoms with van der Waals surface area (Å²) in [5.41, 5.74) is -0.713. The Bertz CT molecular complexity index is 1120. The van der Waals surface area contributed by atoms with Gasteiger partial charge in [0.25, 0.3) is 5.91 Å². The summed E-state index contributed by atoms with van der Waals surface area (Å²) in [7, 11) is 1.57. The van der Waals surface area contributed by atoms with Gasteiger partial charge in [0.05, 0.1) is 38.4 Å². The van der Waals surface area contributed by atoms with Gasteiger partial charge >= 0.3 is 5.97 Å². The molecule has 0 radical (unpaired) electrons. The highest BCUT2D eigenvalue weighted by molar-refractivity contribution is 6.05. The van der Waals surface area contributed by atoms with Crippen LogP contribution in [0.25, 0.3) is 0 Å². The van der Waals surface area contributed by atoms with E-state index in [0.717, 1.165) is 0 Å². The Morgan fingerprint density at radius 3 is 2.59 bits per heavy atom. The van der Waals surface area contributed by atoms with Gasteiger partial charge < -0.3 is 29.1 Å². The predicted molar refractivity (Wildman–Crippen MR) is 135 cm³/mol. The number of nitrogens with zero attached hydrogens (tertiary/aromatic N) is 2. The minimum atomic E-state index is -1.36. The van der Waals surface area contributed by atoms with Crippen molar-refractivity contribution in [2.75, 3.05) is 31.8 Å². The second-order valence-corrected chi connectivity index (χ2v) is 10.2. The first-order valence-corrected chi connectivity index (χ1v) is 12.9. The zero-order valence-corrected chi connectivity index (χ0v) is 21.4. The third-order valence-corrected chi connectivity index (χ3v) is 8.29. The van der Waals surface area contributed by atoms with Crippen molar-refractivity contribution in [1.82, 2.24) is 4.90 Å². The van der Waals surface area contributed by atoms with Crippen LogP contribution in [0.2, 0.25) is 0 Å². The number of amides is 2. The van der Waals surface area contributed by atoms with E-state index >= 15 is 0 Å². The van der Waals surface area contributed by atoms with Gasteiger partial charge in [-0.3, -0.25) is 14.4 Å². The molecule has 0 bridgehead atoms. The van der Waals surface area contributed by atoms with Gasteiger partial charge in [-0.05, 0) is 36.6 Å². The maximum absolute atomic E-state index is 14.4. The molecule has 2 saturated heterocycles. The lowest BCUT2D eigenvalue weighted by Crippen LogP contribution is -2.59. The number of hydrogen-bond acceptors (Lipinski definition) is 7. The topological polar surface area (TPSA) is 106 Å². The molecule has 0 aromatic heterocycles. The van der Waals surface area contributed by atoms with Crippen molar-refractivity contribution in [3.8, 4) is 5.75 Å². The fourth-order valence-corrected chi connectivity index (χ4v) is 6.21. The number of esters is 1. The van der Waals surface area contributed by atoms with E-state index in [1.165, 1.54) is 4.90 Å². The van der Waals surface area contributed by atoms with Gasteiger partial charge in [0.1, 0.15) is 23.3 Å². The average Bonchev–Trinajstić information content (AvgIpc) is 3.28. The van der Waals surface area contributed by atoms with Crippen LogP contribution in [0.4, 0.5) is 5.69 Å². The molecule has 1 aromatic carbocycles. The van der Waals surface area contributed by atoms with Gasteiger partial charge in [0.2, 0.25) is 5.91 Å². The summed E-state index contributed by atoms with van der Waals surface area (Å²) in [5, 5.41) is 10.4. The standard InChI is InChI=1S/C28H34N2O7/c1-4-17(2)20(16-31)30-24-26(33)29(18-9-11-19(35-3)12-10-18)14-7-13-28(24)23(25(30)32)22-21(37-28)8-5-6-15-36-27(22)34/h5,7-13,17,20-24,31H,4,6,14-16H2,1-3H3/t17-,20-,21-,22+,23-,24?,28-/m0/s1. The molecule has 4 aliphatic rings. The van der Waals surface area contributed by atoms with Crippen LogP contribution < -0.4 is 9.64 Å². The van der Waals surface area contributed by atoms with E-state index in [-0.39, 0.29) is 37.5 Å². The van der Waals surface area contributed by atoms with E-state index in [2.05, 4.69) is 0 Å². The quantitative estimate of drug-likeness (QED) is 0.462. The van der Waals surface area contributed by atoms with E-state index in [9.17, 15) is 19.5 Å². The molecule has 2 fully saturated rings. The third-order valence-electron chi connectivity index (χ3n) is 8.29. The molecule has 0 saturated carbocycles. The molecule has 2 amide bonds. The van der Waals surface area contributed by atoms with Gasteiger partial charge in [0.15, 0.2) is 0 Å². The number of benzene rings is 1. The minimum Gasteiger partial charge on any atom is -0.497 e. The molecule has 5 rings (SSSR count). The van der Waals surface area contributed by atoms with Gasteiger partial charge in [-0.25, -0.2) is 0 Å². The molecule has 1 aromatic rings. The van der Waals surface area contributed by atoms with E-state index in [0.29, 0.717) is 24.3 Å². The average molecular weight is 511 g/mol. The predicted octanol–water partition coefficient (Wildman–Crippen LogP) is 2.09. The van der Waals surface area contributed by atoms with Crippen LogP contribution in [0.1, 0.15) is 26.7 Å². The smallest absolute Gasteiger partial charge is 0.312 e. The Labute approximate surface area is 216 Å². The lowest BCUT2D eigenvalue weighted by molar-refractivity contribution is -0.155. The number of rotatable bonds is 6. The number of methoxy groups -OCH3 is 1. The molecule has 4 heterocycles. The van der Waals surface area contributed by atoms with Gasteiger partial charge in [-0.2, -0.15) is 0 Å². The highest BCUT2D eigenvalue weighted by Crippen LogP contribution is 2.54. The zero-order valence-electron chi connectivity index (χ0n) is 21.4. The number of cyclic esters (lactones) is 1. The molecule has 9 heteroatoms. The van der Waals surface area contributed by atoms with E-state index in [4.69, 9.17) is 14.2 Å². The number of anilines is 1. The van der Waals surface area contributed by atoms with Crippen LogP contribution in [-0.2, 0) is 23.9 Å². The van der Waals surface area contributed by atoms with Crippen LogP contribution in [0.5, 0.6) is 5.75 Å². The van der Waals surface area contributed by atoms with Crippen LogP contribution in [-0.4, -0.2) is 78.4 Å². The van der Waals surface area contributed by atoms with Crippen molar-refractivity contribution in [2.24, 2.45) is 17.8 Å². The molecule has 7 atom stereocenters. The van der Waals surface area contributed by atoms with Gasteiger partial charge in [0, 0.05) is 12.2 Å². The van der Waals surface area contributed by atoms with Crippen LogP contribution in [0.3, 0.4) is 0 Å². The fraction of sp³-hybridized carbons (Fsp3) is 0.536. The Hall–Kier alpha value is -3.17. The fourth-order valence-electron chi connectivity index (χ4n) is 6.21. The minimum absolute atomic E-state index is 0.0840. The van der Waals surface area contributed by atoms with Crippen molar-refractivity contribution in [3.63, 3.8) is 0 Å². The molecule has 9 nitrogen and oxygen atoms in total. The maximum Gasteiger partial charge on any atom is 0.312 e. The number of carbonyl (C=O) groups is 3. The molecule has 1 N–H and O–H groups in total. The van der Waals surface area contributed by atoms with E-state index in [1.807, 2.05) is 32.1 Å². The first-order valence-electron chi connectivity index (χ1n) is 12.9. The molecule has 1 unspecified atom stereocenters. The highest BCUT2D eigenvalue weighted by atomic mass is 16.6. The summed E-state index contributed by atoms with van der Waals surface area (Å²) < 4.78 is 17.3. The molecule has 4 aliphatic heterocycles. The number of likely N-dealkylation sites (tertiary alicyclic amines) is 1. The van der Waals surface area contributed by atoms with Gasteiger partial charge in [-0.15, -0.1) is 0 Å². The second-order valence-electron chi connectivity index (χ2n) is 10.2. The molecule has 0 aliphatic carbocycles. The summed E-state index contributed by atoms with van der Waals surface area (Å²) >= 11 is 0. The number of fused-ring (bicyclic) bond motifs is 2.